The van der Waals surface area contributed by atoms with Gasteiger partial charge in [0, 0.05) is 68.6 Å². The van der Waals surface area contributed by atoms with Crippen molar-refractivity contribution in [2.75, 3.05) is 0 Å². The third-order valence-corrected chi connectivity index (χ3v) is 12.5. The van der Waals surface area contributed by atoms with E-state index in [-0.39, 0.29) is 11.6 Å². The summed E-state index contributed by atoms with van der Waals surface area (Å²) in [6.07, 6.45) is 0. The number of hydrogen-bond donors (Lipinski definition) is 0. The van der Waals surface area contributed by atoms with Gasteiger partial charge < -0.3 is 0 Å². The van der Waals surface area contributed by atoms with Crippen LogP contribution in [0.1, 0.15) is 0 Å². The van der Waals surface area contributed by atoms with Crippen LogP contribution in [0.2, 0.25) is 0 Å². The summed E-state index contributed by atoms with van der Waals surface area (Å²) in [7, 11) is 0. The highest BCUT2D eigenvalue weighted by atomic mass is 32.1. The second-order valence-electron chi connectivity index (χ2n) is 13.3. The fourth-order valence-corrected chi connectivity index (χ4v) is 10.9. The molecule has 0 amide bonds. The number of rotatable bonds is 0. The van der Waals surface area contributed by atoms with E-state index in [1.54, 1.807) is 11.3 Å². The third kappa shape index (κ3) is 2.40. The topological polar surface area (TPSA) is 0 Å². The maximum atomic E-state index is 17.3. The molecule has 1 heterocycles. The van der Waals surface area contributed by atoms with Crippen LogP contribution >= 0.6 is 11.3 Å². The van der Waals surface area contributed by atoms with Crippen molar-refractivity contribution >= 4 is 139 Å². The zero-order valence-corrected chi connectivity index (χ0v) is 25.4. The molecule has 0 N–H and O–H groups in total. The Morgan fingerprint density at radius 3 is 1.36 bits per heavy atom. The normalized spacial score (nSPS) is 13.3. The Bertz CT molecular complexity index is 3530. The summed E-state index contributed by atoms with van der Waals surface area (Å²) in [5.41, 5.74) is 0. The lowest BCUT2D eigenvalue weighted by atomic mass is 9.84. The average molecular weight is 617 g/mol. The maximum absolute atomic E-state index is 17.3. The van der Waals surface area contributed by atoms with E-state index in [0.29, 0.717) is 21.5 Å². The Morgan fingerprint density at radius 2 is 0.723 bits per heavy atom. The van der Waals surface area contributed by atoms with E-state index < -0.39 is 0 Å². The number of benzene rings is 10. The number of hydrogen-bond acceptors (Lipinski definition) is 1. The minimum atomic E-state index is -0.224. The van der Waals surface area contributed by atoms with Crippen molar-refractivity contribution in [3.8, 4) is 0 Å². The molecule has 12 aromatic carbocycles. The van der Waals surface area contributed by atoms with Crippen LogP contribution in [0.25, 0.3) is 128 Å². The van der Waals surface area contributed by atoms with E-state index in [4.69, 9.17) is 0 Å². The molecular weight excluding hydrogens is 599 g/mol. The number of halogens is 2. The zero-order valence-electron chi connectivity index (χ0n) is 24.6. The van der Waals surface area contributed by atoms with Gasteiger partial charge in [0.05, 0.1) is 0 Å². The van der Waals surface area contributed by atoms with E-state index in [0.717, 1.165) is 74.7 Å². The molecule has 0 bridgehead atoms. The molecule has 214 valence electrons. The number of fused-ring (bicyclic) bond motifs is 13. The monoisotopic (exact) mass is 616 g/mol. The molecule has 0 spiro atoms. The van der Waals surface area contributed by atoms with Crippen LogP contribution in [0.15, 0.2) is 109 Å². The first kappa shape index (κ1) is 23.7. The summed E-state index contributed by atoms with van der Waals surface area (Å²) in [5, 5.41) is 21.3. The lowest BCUT2D eigenvalue weighted by Crippen LogP contribution is -1.95. The molecule has 3 heteroatoms. The molecule has 0 aliphatic carbocycles. The summed E-state index contributed by atoms with van der Waals surface area (Å²) >= 11 is 1.74. The van der Waals surface area contributed by atoms with Crippen LogP contribution in [0.3, 0.4) is 0 Å². The molecular formula is C44H18F2S. The summed E-state index contributed by atoms with van der Waals surface area (Å²) in [6, 6.07) is 37.7. The molecule has 13 rings (SSSR count). The van der Waals surface area contributed by atoms with Gasteiger partial charge in [-0.1, -0.05) is 91.0 Å². The van der Waals surface area contributed by atoms with Gasteiger partial charge in [-0.3, -0.25) is 0 Å². The van der Waals surface area contributed by atoms with Crippen LogP contribution in [-0.2, 0) is 0 Å². The molecule has 1 aromatic heterocycles. The SMILES string of the molecule is Fc1c2ccc3c4c5ccccc5c5ccccc5c4c4cc5c(F)c6ccc7c8c9ccccc9sc8c8cc1c(c6c87)c5c2c34. The predicted molar refractivity (Wildman–Crippen MR) is 199 cm³/mol. The van der Waals surface area contributed by atoms with Gasteiger partial charge in [0.25, 0.3) is 0 Å². The van der Waals surface area contributed by atoms with Crippen LogP contribution in [0.5, 0.6) is 0 Å². The highest BCUT2D eigenvalue weighted by molar-refractivity contribution is 7.27. The quantitative estimate of drug-likeness (QED) is 0.117. The van der Waals surface area contributed by atoms with Crippen molar-refractivity contribution in [2.45, 2.75) is 0 Å². The molecule has 0 aliphatic heterocycles. The van der Waals surface area contributed by atoms with E-state index in [1.165, 1.54) is 31.6 Å². The van der Waals surface area contributed by atoms with Gasteiger partial charge in [-0.2, -0.15) is 0 Å². The lowest BCUT2D eigenvalue weighted by Gasteiger charge is -2.19. The Hall–Kier alpha value is -5.64. The van der Waals surface area contributed by atoms with E-state index in [2.05, 4.69) is 97.1 Å². The minimum Gasteiger partial charge on any atom is -0.206 e. The van der Waals surface area contributed by atoms with Crippen molar-refractivity contribution in [2.24, 2.45) is 0 Å². The Labute approximate surface area is 267 Å². The second kappa shape index (κ2) is 7.49. The third-order valence-electron chi connectivity index (χ3n) is 11.3. The zero-order chi connectivity index (χ0) is 30.4. The molecule has 0 saturated carbocycles. The summed E-state index contributed by atoms with van der Waals surface area (Å²) in [5.74, 6) is -0.447. The van der Waals surface area contributed by atoms with Crippen LogP contribution in [0, 0.1) is 11.6 Å². The van der Waals surface area contributed by atoms with E-state index >= 15 is 8.78 Å². The molecule has 0 radical (unpaired) electrons. The van der Waals surface area contributed by atoms with E-state index in [9.17, 15) is 0 Å². The smallest absolute Gasteiger partial charge is 0.138 e. The van der Waals surface area contributed by atoms with Crippen molar-refractivity contribution in [3.05, 3.63) is 121 Å². The predicted octanol–water partition coefficient (Wildman–Crippen LogP) is 13.6. The molecule has 0 saturated heterocycles. The van der Waals surface area contributed by atoms with Crippen molar-refractivity contribution < 1.29 is 8.78 Å². The molecule has 0 atom stereocenters. The molecule has 0 fully saturated rings. The maximum Gasteiger partial charge on any atom is 0.138 e. The average Bonchev–Trinajstić information content (AvgIpc) is 3.76. The van der Waals surface area contributed by atoms with Crippen LogP contribution < -0.4 is 0 Å². The van der Waals surface area contributed by atoms with Crippen LogP contribution in [0.4, 0.5) is 8.78 Å². The van der Waals surface area contributed by atoms with Gasteiger partial charge in [0.1, 0.15) is 11.6 Å². The molecule has 0 nitrogen and oxygen atoms in total. The van der Waals surface area contributed by atoms with Gasteiger partial charge in [-0.05, 0) is 77.4 Å². The first-order chi connectivity index (χ1) is 23.2. The fraction of sp³-hybridized carbons (Fsp3) is 0. The standard InChI is InChI=1S/C44H18F2S/c45-42-27-16-14-25-36-31(44-37(25)23-11-5-6-12-32(23)47-44)18-30-41(39(27)36)40-29(42)17-28-34-22-10-4-2-8-20(22)19-7-1-3-9-21(19)33(34)24-13-15-26(43(30)46)38(40)35(24)28/h1-18H. The van der Waals surface area contributed by atoms with Gasteiger partial charge in [0.15, 0.2) is 0 Å². The van der Waals surface area contributed by atoms with Gasteiger partial charge in [-0.15, -0.1) is 11.3 Å². The second-order valence-corrected chi connectivity index (χ2v) is 14.3. The highest BCUT2D eigenvalue weighted by Gasteiger charge is 2.29. The molecule has 13 aromatic rings. The van der Waals surface area contributed by atoms with E-state index in [1.807, 2.05) is 12.1 Å². The van der Waals surface area contributed by atoms with Crippen LogP contribution in [-0.4, -0.2) is 0 Å². The Kier molecular flexibility index (Phi) is 3.77. The first-order valence-corrected chi connectivity index (χ1v) is 16.8. The first-order valence-electron chi connectivity index (χ1n) is 16.0. The Balaban J connectivity index is 1.37. The molecule has 0 unspecified atom stereocenters. The summed E-state index contributed by atoms with van der Waals surface area (Å²) in [4.78, 5) is 0. The Morgan fingerprint density at radius 1 is 0.298 bits per heavy atom. The van der Waals surface area contributed by atoms with Crippen molar-refractivity contribution in [1.29, 1.82) is 0 Å². The fourth-order valence-electron chi connectivity index (χ4n) is 9.65. The van der Waals surface area contributed by atoms with Gasteiger partial charge >= 0.3 is 0 Å². The molecule has 0 aliphatic rings. The largest absolute Gasteiger partial charge is 0.206 e. The van der Waals surface area contributed by atoms with Crippen molar-refractivity contribution in [1.82, 2.24) is 0 Å². The minimum absolute atomic E-state index is 0.223. The van der Waals surface area contributed by atoms with Gasteiger partial charge in [0.2, 0.25) is 0 Å². The number of thiophene rings is 1. The molecule has 47 heavy (non-hydrogen) atoms. The lowest BCUT2D eigenvalue weighted by molar-refractivity contribution is 0.650. The van der Waals surface area contributed by atoms with Crippen molar-refractivity contribution in [3.63, 3.8) is 0 Å². The highest BCUT2D eigenvalue weighted by Crippen LogP contribution is 2.56. The summed E-state index contributed by atoms with van der Waals surface area (Å²) < 4.78 is 36.9. The van der Waals surface area contributed by atoms with Gasteiger partial charge in [-0.25, -0.2) is 8.78 Å². The summed E-state index contributed by atoms with van der Waals surface area (Å²) in [6.45, 7) is 0.